The van der Waals surface area contributed by atoms with Gasteiger partial charge in [0.15, 0.2) is 0 Å². The van der Waals surface area contributed by atoms with E-state index >= 15 is 0 Å². The van der Waals surface area contributed by atoms with Crippen molar-refractivity contribution in [1.82, 2.24) is 0 Å². The molecule has 3 nitrogen and oxygen atoms in total. The van der Waals surface area contributed by atoms with Crippen molar-refractivity contribution in [3.8, 4) is 33.7 Å². The highest BCUT2D eigenvalue weighted by Gasteiger charge is 2.08. The third-order valence-corrected chi connectivity index (χ3v) is 4.40. The van der Waals surface area contributed by atoms with Crippen LogP contribution in [0, 0.1) is 22.7 Å². The minimum absolute atomic E-state index is 0.489. The fourth-order valence-corrected chi connectivity index (χ4v) is 3.14. The number of rotatable bonds is 2. The van der Waals surface area contributed by atoms with Gasteiger partial charge in [-0.05, 0) is 40.3 Å². The van der Waals surface area contributed by atoms with Crippen LogP contribution in [0.5, 0.6) is 0 Å². The Hall–Kier alpha value is -3.08. The second kappa shape index (κ2) is 5.73. The van der Waals surface area contributed by atoms with Crippen LogP contribution < -0.4 is 5.73 Å². The minimum atomic E-state index is 0.489. The summed E-state index contributed by atoms with van der Waals surface area (Å²) in [5.74, 6) is 0. The number of benzene rings is 2. The number of nitriles is 2. The van der Waals surface area contributed by atoms with Crippen LogP contribution in [0.2, 0.25) is 0 Å². The summed E-state index contributed by atoms with van der Waals surface area (Å²) in [5.41, 5.74) is 10.5. The van der Waals surface area contributed by atoms with E-state index in [-0.39, 0.29) is 0 Å². The molecule has 0 aliphatic heterocycles. The van der Waals surface area contributed by atoms with E-state index in [9.17, 15) is 5.26 Å². The number of nitrogens with two attached hydrogens (primary N) is 1. The van der Waals surface area contributed by atoms with Gasteiger partial charge in [0, 0.05) is 0 Å². The Labute approximate surface area is 132 Å². The van der Waals surface area contributed by atoms with Gasteiger partial charge in [0.25, 0.3) is 0 Å². The first-order valence-electron chi connectivity index (χ1n) is 6.61. The molecular weight excluding hydrogens is 290 g/mol. The fourth-order valence-electron chi connectivity index (χ4n) is 2.31. The van der Waals surface area contributed by atoms with Crippen molar-refractivity contribution in [3.05, 3.63) is 65.0 Å². The number of thiophene rings is 1. The second-order valence-electron chi connectivity index (χ2n) is 4.77. The van der Waals surface area contributed by atoms with Crippen molar-refractivity contribution in [2.75, 3.05) is 5.73 Å². The van der Waals surface area contributed by atoms with Crippen LogP contribution in [0.4, 0.5) is 5.69 Å². The maximum atomic E-state index is 9.27. The number of hydrogen-bond donors (Lipinski definition) is 1. The lowest BCUT2D eigenvalue weighted by atomic mass is 9.97. The van der Waals surface area contributed by atoms with Gasteiger partial charge in [-0.25, -0.2) is 0 Å². The molecule has 1 aromatic heterocycles. The van der Waals surface area contributed by atoms with Gasteiger partial charge in [0.05, 0.1) is 33.8 Å². The van der Waals surface area contributed by atoms with Gasteiger partial charge in [-0.3, -0.25) is 0 Å². The van der Waals surface area contributed by atoms with E-state index in [2.05, 4.69) is 12.1 Å². The Balaban J connectivity index is 2.03. The molecule has 0 atom stereocenters. The standard InChI is InChI=1S/C18H11N3S/c19-10-12-1-6-16(15(9-12)11-20)13-2-4-14(5-3-13)18-17(21)7-8-22-18/h1-9H,21H2. The van der Waals surface area contributed by atoms with Crippen molar-refractivity contribution in [2.45, 2.75) is 0 Å². The van der Waals surface area contributed by atoms with E-state index in [0.29, 0.717) is 11.1 Å². The lowest BCUT2D eigenvalue weighted by Gasteiger charge is -2.06. The Bertz CT molecular complexity index is 909. The molecule has 0 amide bonds. The first-order valence-corrected chi connectivity index (χ1v) is 7.49. The average Bonchev–Trinajstić information content (AvgIpc) is 3.00. The normalized spacial score (nSPS) is 9.91. The zero-order valence-corrected chi connectivity index (χ0v) is 12.4. The zero-order valence-electron chi connectivity index (χ0n) is 11.6. The maximum Gasteiger partial charge on any atom is 0.0998 e. The van der Waals surface area contributed by atoms with Crippen LogP contribution in [-0.2, 0) is 0 Å². The summed E-state index contributed by atoms with van der Waals surface area (Å²) in [6.45, 7) is 0. The summed E-state index contributed by atoms with van der Waals surface area (Å²) < 4.78 is 0. The highest BCUT2D eigenvalue weighted by molar-refractivity contribution is 7.14. The van der Waals surface area contributed by atoms with Gasteiger partial charge >= 0.3 is 0 Å². The van der Waals surface area contributed by atoms with Crippen molar-refractivity contribution in [1.29, 1.82) is 10.5 Å². The van der Waals surface area contributed by atoms with E-state index in [1.807, 2.05) is 41.8 Å². The first-order chi connectivity index (χ1) is 10.7. The summed E-state index contributed by atoms with van der Waals surface area (Å²) in [6, 6.07) is 19.2. The van der Waals surface area contributed by atoms with Gasteiger partial charge in [-0.2, -0.15) is 10.5 Å². The molecule has 0 aliphatic rings. The first kappa shape index (κ1) is 13.9. The van der Waals surface area contributed by atoms with Crippen molar-refractivity contribution < 1.29 is 0 Å². The predicted octanol–water partition coefficient (Wildman–Crippen LogP) is 4.41. The molecule has 4 heteroatoms. The largest absolute Gasteiger partial charge is 0.398 e. The van der Waals surface area contributed by atoms with Crippen molar-refractivity contribution in [2.24, 2.45) is 0 Å². The molecule has 0 radical (unpaired) electrons. The highest BCUT2D eigenvalue weighted by Crippen LogP contribution is 2.33. The summed E-state index contributed by atoms with van der Waals surface area (Å²) >= 11 is 1.60. The van der Waals surface area contributed by atoms with Gasteiger partial charge in [-0.1, -0.05) is 30.3 Å². The van der Waals surface area contributed by atoms with E-state index in [1.54, 1.807) is 23.5 Å². The Kier molecular flexibility index (Phi) is 3.62. The quantitative estimate of drug-likeness (QED) is 0.762. The highest BCUT2D eigenvalue weighted by atomic mass is 32.1. The molecule has 0 fully saturated rings. The average molecular weight is 301 g/mol. The molecule has 2 N–H and O–H groups in total. The predicted molar refractivity (Wildman–Crippen MR) is 89.0 cm³/mol. The molecule has 0 saturated heterocycles. The number of anilines is 1. The summed E-state index contributed by atoms with van der Waals surface area (Å²) in [7, 11) is 0. The second-order valence-corrected chi connectivity index (χ2v) is 5.68. The van der Waals surface area contributed by atoms with Gasteiger partial charge in [0.2, 0.25) is 0 Å². The number of nitrogens with zero attached hydrogens (tertiary/aromatic N) is 2. The molecule has 0 bridgehead atoms. The number of hydrogen-bond acceptors (Lipinski definition) is 4. The van der Waals surface area contributed by atoms with Gasteiger partial charge < -0.3 is 5.73 Å². The molecule has 0 unspecified atom stereocenters. The van der Waals surface area contributed by atoms with Crippen LogP contribution in [0.15, 0.2) is 53.9 Å². The van der Waals surface area contributed by atoms with Crippen LogP contribution >= 0.6 is 11.3 Å². The third kappa shape index (κ3) is 2.44. The fraction of sp³-hybridized carbons (Fsp3) is 0. The molecule has 1 heterocycles. The molecule has 2 aromatic carbocycles. The lowest BCUT2D eigenvalue weighted by molar-refractivity contribution is 1.44. The molecule has 3 rings (SSSR count). The molecule has 104 valence electrons. The van der Waals surface area contributed by atoms with Crippen LogP contribution in [-0.4, -0.2) is 0 Å². The molecular formula is C18H11N3S. The summed E-state index contributed by atoms with van der Waals surface area (Å²) in [6.07, 6.45) is 0. The SMILES string of the molecule is N#Cc1ccc(-c2ccc(-c3sccc3N)cc2)c(C#N)c1. The van der Waals surface area contributed by atoms with Crippen molar-refractivity contribution >= 4 is 17.0 Å². The van der Waals surface area contributed by atoms with Gasteiger partial charge in [0.1, 0.15) is 0 Å². The summed E-state index contributed by atoms with van der Waals surface area (Å²) in [5, 5.41) is 20.1. The molecule has 3 aromatic rings. The maximum absolute atomic E-state index is 9.27. The van der Waals surface area contributed by atoms with Crippen LogP contribution in [0.3, 0.4) is 0 Å². The third-order valence-electron chi connectivity index (χ3n) is 3.42. The zero-order chi connectivity index (χ0) is 15.5. The Morgan fingerprint density at radius 2 is 1.59 bits per heavy atom. The number of nitrogen functional groups attached to an aromatic ring is 1. The Morgan fingerprint density at radius 3 is 2.18 bits per heavy atom. The molecule has 0 saturated carbocycles. The monoisotopic (exact) mass is 301 g/mol. The Morgan fingerprint density at radius 1 is 0.864 bits per heavy atom. The van der Waals surface area contributed by atoms with Crippen LogP contribution in [0.1, 0.15) is 11.1 Å². The molecule has 0 spiro atoms. The summed E-state index contributed by atoms with van der Waals surface area (Å²) in [4.78, 5) is 1.05. The van der Waals surface area contributed by atoms with E-state index in [4.69, 9.17) is 11.0 Å². The minimum Gasteiger partial charge on any atom is -0.398 e. The van der Waals surface area contributed by atoms with E-state index < -0.39 is 0 Å². The lowest BCUT2D eigenvalue weighted by Crippen LogP contribution is -1.87. The van der Waals surface area contributed by atoms with Gasteiger partial charge in [-0.15, -0.1) is 11.3 Å². The van der Waals surface area contributed by atoms with Crippen LogP contribution in [0.25, 0.3) is 21.6 Å². The van der Waals surface area contributed by atoms with E-state index in [1.165, 1.54) is 0 Å². The van der Waals surface area contributed by atoms with Crippen molar-refractivity contribution in [3.63, 3.8) is 0 Å². The smallest absolute Gasteiger partial charge is 0.0998 e. The molecule has 22 heavy (non-hydrogen) atoms. The topological polar surface area (TPSA) is 73.6 Å². The molecule has 0 aliphatic carbocycles. The van der Waals surface area contributed by atoms with E-state index in [0.717, 1.165) is 27.3 Å².